The Balaban J connectivity index is 3.26. The summed E-state index contributed by atoms with van der Waals surface area (Å²) in [5.41, 5.74) is 1.11. The van der Waals surface area contributed by atoms with Crippen molar-refractivity contribution in [1.29, 1.82) is 0 Å². The highest BCUT2D eigenvalue weighted by Gasteiger charge is 2.17. The average Bonchev–Trinajstić information content (AvgIpc) is 2.20. The van der Waals surface area contributed by atoms with Gasteiger partial charge in [0, 0.05) is 17.1 Å². The molecule has 88 valence electrons. The van der Waals surface area contributed by atoms with Crippen LogP contribution in [0.1, 0.15) is 31.1 Å². The van der Waals surface area contributed by atoms with E-state index in [4.69, 9.17) is 5.11 Å². The Morgan fingerprint density at radius 3 is 2.56 bits per heavy atom. The minimum atomic E-state index is -0.893. The fourth-order valence-electron chi connectivity index (χ4n) is 1.74. The molecule has 1 N–H and O–H groups in total. The molecule has 0 heterocycles. The van der Waals surface area contributed by atoms with Crippen LogP contribution in [0.15, 0.2) is 22.7 Å². The number of nitrogens with zero attached hydrogens (tertiary/aromatic N) is 1. The van der Waals surface area contributed by atoms with Crippen LogP contribution >= 0.6 is 15.9 Å². The molecule has 0 atom stereocenters. The number of halogens is 1. The first-order valence-electron chi connectivity index (χ1n) is 5.26. The number of aromatic carboxylic acids is 1. The van der Waals surface area contributed by atoms with E-state index >= 15 is 0 Å². The number of hydrogen-bond donors (Lipinski definition) is 1. The number of benzene rings is 1. The van der Waals surface area contributed by atoms with Gasteiger partial charge in [-0.25, -0.2) is 4.79 Å². The Labute approximate surface area is 104 Å². The number of rotatable bonds is 4. The lowest BCUT2D eigenvalue weighted by Crippen LogP contribution is -2.31. The smallest absolute Gasteiger partial charge is 0.337 e. The topological polar surface area (TPSA) is 40.5 Å². The molecular formula is C12H16BrNO2. The maximum Gasteiger partial charge on any atom is 0.337 e. The number of anilines is 1. The Kier molecular flexibility index (Phi) is 4.35. The van der Waals surface area contributed by atoms with Crippen molar-refractivity contribution in [2.45, 2.75) is 26.8 Å². The van der Waals surface area contributed by atoms with Crippen LogP contribution in [-0.4, -0.2) is 23.7 Å². The van der Waals surface area contributed by atoms with Crippen LogP contribution in [0.5, 0.6) is 0 Å². The Bertz CT molecular complexity index is 391. The van der Waals surface area contributed by atoms with Crippen LogP contribution in [0.2, 0.25) is 0 Å². The van der Waals surface area contributed by atoms with Crippen molar-refractivity contribution in [3.05, 3.63) is 28.2 Å². The van der Waals surface area contributed by atoms with E-state index in [0.29, 0.717) is 5.56 Å². The highest BCUT2D eigenvalue weighted by Crippen LogP contribution is 2.26. The molecule has 1 rings (SSSR count). The van der Waals surface area contributed by atoms with Crippen LogP contribution in [0, 0.1) is 0 Å². The van der Waals surface area contributed by atoms with Gasteiger partial charge in [-0.3, -0.25) is 0 Å². The van der Waals surface area contributed by atoms with Crippen molar-refractivity contribution in [1.82, 2.24) is 0 Å². The number of carboxylic acids is 1. The van der Waals surface area contributed by atoms with Crippen LogP contribution in [0.3, 0.4) is 0 Å². The molecule has 0 aliphatic carbocycles. The predicted octanol–water partition coefficient (Wildman–Crippen LogP) is 3.38. The molecule has 4 heteroatoms. The first kappa shape index (κ1) is 13.0. The van der Waals surface area contributed by atoms with E-state index in [0.717, 1.165) is 16.7 Å². The molecule has 16 heavy (non-hydrogen) atoms. The Hall–Kier alpha value is -1.03. The summed E-state index contributed by atoms with van der Waals surface area (Å²) in [6.07, 6.45) is 0. The van der Waals surface area contributed by atoms with Crippen molar-refractivity contribution in [2.75, 3.05) is 11.4 Å². The molecule has 1 aromatic carbocycles. The second kappa shape index (κ2) is 5.34. The lowest BCUT2D eigenvalue weighted by Gasteiger charge is -2.28. The standard InChI is InChI=1S/C12H16BrNO2/c1-4-14(8(2)3)11-6-5-9(13)7-10(11)12(15)16/h5-8H,4H2,1-3H3,(H,15,16). The molecule has 3 nitrogen and oxygen atoms in total. The third-order valence-corrected chi connectivity index (χ3v) is 2.96. The second-order valence-corrected chi connectivity index (χ2v) is 4.76. The van der Waals surface area contributed by atoms with Crippen molar-refractivity contribution in [3.63, 3.8) is 0 Å². The minimum Gasteiger partial charge on any atom is -0.478 e. The van der Waals surface area contributed by atoms with Crippen LogP contribution in [-0.2, 0) is 0 Å². The summed E-state index contributed by atoms with van der Waals surface area (Å²) in [6, 6.07) is 5.64. The van der Waals surface area contributed by atoms with Gasteiger partial charge >= 0.3 is 5.97 Å². The summed E-state index contributed by atoms with van der Waals surface area (Å²) in [5, 5.41) is 9.17. The van der Waals surface area contributed by atoms with E-state index in [1.54, 1.807) is 6.07 Å². The maximum atomic E-state index is 11.2. The first-order chi connectivity index (χ1) is 7.47. The molecule has 0 unspecified atom stereocenters. The molecule has 0 amide bonds. The van der Waals surface area contributed by atoms with E-state index in [1.165, 1.54) is 0 Å². The zero-order chi connectivity index (χ0) is 12.3. The average molecular weight is 286 g/mol. The third-order valence-electron chi connectivity index (χ3n) is 2.46. The normalized spacial score (nSPS) is 10.6. The highest BCUT2D eigenvalue weighted by molar-refractivity contribution is 9.10. The van der Waals surface area contributed by atoms with Crippen LogP contribution < -0.4 is 4.90 Å². The first-order valence-corrected chi connectivity index (χ1v) is 6.06. The zero-order valence-corrected chi connectivity index (χ0v) is 11.3. The highest BCUT2D eigenvalue weighted by atomic mass is 79.9. The molecule has 0 radical (unpaired) electrons. The Morgan fingerprint density at radius 2 is 2.12 bits per heavy atom. The van der Waals surface area contributed by atoms with Gasteiger partial charge in [-0.1, -0.05) is 15.9 Å². The van der Waals surface area contributed by atoms with E-state index in [9.17, 15) is 4.79 Å². The molecule has 0 bridgehead atoms. The second-order valence-electron chi connectivity index (χ2n) is 3.85. The molecule has 0 aliphatic heterocycles. The quantitative estimate of drug-likeness (QED) is 0.922. The fraction of sp³-hybridized carbons (Fsp3) is 0.417. The van der Waals surface area contributed by atoms with E-state index in [-0.39, 0.29) is 6.04 Å². The van der Waals surface area contributed by atoms with Gasteiger partial charge in [0.05, 0.1) is 11.3 Å². The lowest BCUT2D eigenvalue weighted by atomic mass is 10.1. The predicted molar refractivity (Wildman–Crippen MR) is 69.3 cm³/mol. The van der Waals surface area contributed by atoms with Gasteiger partial charge in [-0.05, 0) is 39.0 Å². The van der Waals surface area contributed by atoms with E-state index in [2.05, 4.69) is 34.7 Å². The van der Waals surface area contributed by atoms with Crippen molar-refractivity contribution < 1.29 is 9.90 Å². The molecule has 0 spiro atoms. The van der Waals surface area contributed by atoms with Gasteiger partial charge in [0.2, 0.25) is 0 Å². The Morgan fingerprint density at radius 1 is 1.50 bits per heavy atom. The van der Waals surface area contributed by atoms with Crippen molar-refractivity contribution >= 4 is 27.6 Å². The summed E-state index contributed by atoms with van der Waals surface area (Å²) in [5.74, 6) is -0.893. The summed E-state index contributed by atoms with van der Waals surface area (Å²) in [4.78, 5) is 13.2. The van der Waals surface area contributed by atoms with Gasteiger partial charge in [-0.15, -0.1) is 0 Å². The monoisotopic (exact) mass is 285 g/mol. The van der Waals surface area contributed by atoms with Crippen molar-refractivity contribution in [2.24, 2.45) is 0 Å². The van der Waals surface area contributed by atoms with Crippen LogP contribution in [0.4, 0.5) is 5.69 Å². The van der Waals surface area contributed by atoms with Gasteiger partial charge in [-0.2, -0.15) is 0 Å². The SMILES string of the molecule is CCN(c1ccc(Br)cc1C(=O)O)C(C)C. The fourth-order valence-corrected chi connectivity index (χ4v) is 2.10. The molecule has 0 fully saturated rings. The maximum absolute atomic E-state index is 11.2. The molecule has 0 saturated carbocycles. The molecule has 1 aromatic rings. The summed E-state index contributed by atoms with van der Waals surface area (Å²) >= 11 is 3.29. The lowest BCUT2D eigenvalue weighted by molar-refractivity contribution is 0.0697. The summed E-state index contributed by atoms with van der Waals surface area (Å²) < 4.78 is 0.786. The largest absolute Gasteiger partial charge is 0.478 e. The summed E-state index contributed by atoms with van der Waals surface area (Å²) in [6.45, 7) is 6.92. The van der Waals surface area contributed by atoms with Crippen molar-refractivity contribution in [3.8, 4) is 0 Å². The number of carboxylic acid groups (broad SMARTS) is 1. The van der Waals surface area contributed by atoms with E-state index < -0.39 is 5.97 Å². The van der Waals surface area contributed by atoms with Crippen LogP contribution in [0.25, 0.3) is 0 Å². The number of hydrogen-bond acceptors (Lipinski definition) is 2. The van der Waals surface area contributed by atoms with Gasteiger partial charge < -0.3 is 10.0 Å². The van der Waals surface area contributed by atoms with Gasteiger partial charge in [0.1, 0.15) is 0 Å². The van der Waals surface area contributed by atoms with E-state index in [1.807, 2.05) is 19.1 Å². The zero-order valence-electron chi connectivity index (χ0n) is 9.70. The molecule has 0 aliphatic rings. The van der Waals surface area contributed by atoms with Gasteiger partial charge in [0.25, 0.3) is 0 Å². The minimum absolute atomic E-state index is 0.282. The third kappa shape index (κ3) is 2.76. The van der Waals surface area contributed by atoms with Gasteiger partial charge in [0.15, 0.2) is 0 Å². The summed E-state index contributed by atoms with van der Waals surface area (Å²) in [7, 11) is 0. The molecule has 0 aromatic heterocycles. The molecule has 0 saturated heterocycles. The number of carbonyl (C=O) groups is 1. The molecular weight excluding hydrogens is 270 g/mol.